The van der Waals surface area contributed by atoms with Gasteiger partial charge in [0.15, 0.2) is 0 Å². The molecule has 17 heavy (non-hydrogen) atoms. The van der Waals surface area contributed by atoms with Gasteiger partial charge in [-0.25, -0.2) is 0 Å². The third-order valence-electron chi connectivity index (χ3n) is 2.68. The molecule has 0 aromatic carbocycles. The van der Waals surface area contributed by atoms with Crippen molar-refractivity contribution in [1.82, 2.24) is 9.47 Å². The zero-order valence-corrected chi connectivity index (χ0v) is 11.1. The van der Waals surface area contributed by atoms with Crippen LogP contribution in [-0.4, -0.2) is 41.7 Å². The third kappa shape index (κ3) is 2.58. The molecule has 1 saturated heterocycles. The Morgan fingerprint density at radius 3 is 2.65 bits per heavy atom. The van der Waals surface area contributed by atoms with Crippen molar-refractivity contribution in [3.05, 3.63) is 32.7 Å². The molecule has 1 fully saturated rings. The van der Waals surface area contributed by atoms with Gasteiger partial charge in [-0.2, -0.15) is 0 Å². The number of carbonyl (C=O) groups is 1. The van der Waals surface area contributed by atoms with Gasteiger partial charge >= 0.3 is 0 Å². The van der Waals surface area contributed by atoms with Crippen LogP contribution in [0.15, 0.2) is 21.5 Å². The van der Waals surface area contributed by atoms with Gasteiger partial charge in [-0.05, 0) is 22.0 Å². The van der Waals surface area contributed by atoms with E-state index in [-0.39, 0.29) is 11.5 Å². The van der Waals surface area contributed by atoms with Crippen LogP contribution < -0.4 is 5.56 Å². The Morgan fingerprint density at radius 1 is 1.41 bits per heavy atom. The molecule has 0 atom stereocenters. The van der Waals surface area contributed by atoms with Gasteiger partial charge in [0.25, 0.3) is 11.5 Å². The maximum Gasteiger partial charge on any atom is 0.264 e. The lowest BCUT2D eigenvalue weighted by molar-refractivity contribution is 0.0302. The first-order chi connectivity index (χ1) is 8.09. The summed E-state index contributed by atoms with van der Waals surface area (Å²) in [5.41, 5.74) is 0.365. The standard InChI is InChI=1S/C11H13BrN2O3/c1-13-7-8(6-9(12)11(13)16)10(15)14-2-4-17-5-3-14/h6-7H,2-5H2,1H3. The van der Waals surface area contributed by atoms with Gasteiger partial charge in [-0.3, -0.25) is 9.59 Å². The van der Waals surface area contributed by atoms with Gasteiger partial charge in [0.05, 0.1) is 23.2 Å². The number of amides is 1. The monoisotopic (exact) mass is 300 g/mol. The highest BCUT2D eigenvalue weighted by atomic mass is 79.9. The molecule has 0 unspecified atom stereocenters. The quantitative estimate of drug-likeness (QED) is 0.764. The van der Waals surface area contributed by atoms with Gasteiger partial charge in [0.2, 0.25) is 0 Å². The number of hydrogen-bond acceptors (Lipinski definition) is 3. The van der Waals surface area contributed by atoms with Gasteiger partial charge in [0, 0.05) is 26.3 Å². The lowest BCUT2D eigenvalue weighted by Gasteiger charge is -2.27. The van der Waals surface area contributed by atoms with Crippen LogP contribution in [0.4, 0.5) is 0 Å². The molecular formula is C11H13BrN2O3. The lowest BCUT2D eigenvalue weighted by Crippen LogP contribution is -2.41. The zero-order chi connectivity index (χ0) is 12.4. The second kappa shape index (κ2) is 5.01. The van der Waals surface area contributed by atoms with E-state index in [0.717, 1.165) is 0 Å². The molecule has 1 amide bonds. The molecule has 6 heteroatoms. The SMILES string of the molecule is Cn1cc(C(=O)N2CCOCC2)cc(Br)c1=O. The summed E-state index contributed by atoms with van der Waals surface area (Å²) in [5, 5.41) is 0. The molecule has 2 heterocycles. The fourth-order valence-corrected chi connectivity index (χ4v) is 2.26. The fraction of sp³-hybridized carbons (Fsp3) is 0.455. The van der Waals surface area contributed by atoms with E-state index in [1.165, 1.54) is 4.57 Å². The summed E-state index contributed by atoms with van der Waals surface area (Å²) in [5.74, 6) is -0.0652. The average molecular weight is 301 g/mol. The summed E-state index contributed by atoms with van der Waals surface area (Å²) in [4.78, 5) is 25.4. The van der Waals surface area contributed by atoms with Crippen LogP contribution in [0.5, 0.6) is 0 Å². The number of nitrogens with zero attached hydrogens (tertiary/aromatic N) is 2. The molecule has 5 nitrogen and oxygen atoms in total. The minimum absolute atomic E-state index is 0.0652. The Hall–Kier alpha value is -1.14. The van der Waals surface area contributed by atoms with Crippen LogP contribution in [0.3, 0.4) is 0 Å². The van der Waals surface area contributed by atoms with Crippen LogP contribution in [0, 0.1) is 0 Å². The highest BCUT2D eigenvalue weighted by molar-refractivity contribution is 9.10. The van der Waals surface area contributed by atoms with E-state index in [0.29, 0.717) is 36.3 Å². The normalized spacial score (nSPS) is 16.0. The maximum atomic E-state index is 12.1. The number of ether oxygens (including phenoxy) is 1. The summed E-state index contributed by atoms with van der Waals surface area (Å²) in [6.07, 6.45) is 1.56. The Labute approximate surface area is 107 Å². The van der Waals surface area contributed by atoms with Crippen molar-refractivity contribution in [3.8, 4) is 0 Å². The molecular weight excluding hydrogens is 288 g/mol. The number of hydrogen-bond donors (Lipinski definition) is 0. The zero-order valence-electron chi connectivity index (χ0n) is 9.48. The molecule has 1 aromatic heterocycles. The lowest BCUT2D eigenvalue weighted by atomic mass is 10.2. The first kappa shape index (κ1) is 12.3. The van der Waals surface area contributed by atoms with E-state index >= 15 is 0 Å². The summed E-state index contributed by atoms with van der Waals surface area (Å²) in [7, 11) is 1.63. The molecule has 0 saturated carbocycles. The first-order valence-corrected chi connectivity index (χ1v) is 6.12. The maximum absolute atomic E-state index is 12.1. The van der Waals surface area contributed by atoms with Gasteiger partial charge in [-0.15, -0.1) is 0 Å². The molecule has 0 bridgehead atoms. The predicted octanol–water partition coefficient (Wildman–Crippen LogP) is 0.620. The second-order valence-electron chi connectivity index (χ2n) is 3.90. The highest BCUT2D eigenvalue weighted by Gasteiger charge is 2.19. The number of halogens is 1. The Balaban J connectivity index is 2.27. The largest absolute Gasteiger partial charge is 0.378 e. The van der Waals surface area contributed by atoms with Crippen LogP contribution in [0.25, 0.3) is 0 Å². The predicted molar refractivity (Wildman–Crippen MR) is 66.1 cm³/mol. The van der Waals surface area contributed by atoms with Crippen LogP contribution in [0.2, 0.25) is 0 Å². The van der Waals surface area contributed by atoms with Crippen molar-refractivity contribution in [2.24, 2.45) is 7.05 Å². The molecule has 2 rings (SSSR count). The number of pyridine rings is 1. The summed E-state index contributed by atoms with van der Waals surface area (Å²) in [6, 6.07) is 1.57. The molecule has 0 aliphatic carbocycles. The molecule has 92 valence electrons. The summed E-state index contributed by atoms with van der Waals surface area (Å²) >= 11 is 3.16. The fourth-order valence-electron chi connectivity index (χ4n) is 1.74. The van der Waals surface area contributed by atoms with E-state index in [2.05, 4.69) is 15.9 Å². The van der Waals surface area contributed by atoms with Crippen molar-refractivity contribution >= 4 is 21.8 Å². The number of aryl methyl sites for hydroxylation is 1. The van der Waals surface area contributed by atoms with Crippen LogP contribution in [-0.2, 0) is 11.8 Å². The van der Waals surface area contributed by atoms with E-state index in [4.69, 9.17) is 4.74 Å². The van der Waals surface area contributed by atoms with Gasteiger partial charge in [-0.1, -0.05) is 0 Å². The summed E-state index contributed by atoms with van der Waals surface area (Å²) < 4.78 is 7.00. The second-order valence-corrected chi connectivity index (χ2v) is 4.75. The van der Waals surface area contributed by atoms with Gasteiger partial charge in [0.1, 0.15) is 0 Å². The molecule has 1 aliphatic rings. The van der Waals surface area contributed by atoms with Crippen molar-refractivity contribution in [2.75, 3.05) is 26.3 Å². The molecule has 0 N–H and O–H groups in total. The third-order valence-corrected chi connectivity index (χ3v) is 3.25. The first-order valence-electron chi connectivity index (χ1n) is 5.33. The number of morpholine rings is 1. The van der Waals surface area contributed by atoms with E-state index in [1.54, 1.807) is 24.2 Å². The Bertz CT molecular complexity index is 466. The minimum Gasteiger partial charge on any atom is -0.378 e. The molecule has 1 aromatic rings. The number of carbonyl (C=O) groups excluding carboxylic acids is 1. The number of aromatic nitrogens is 1. The molecule has 0 spiro atoms. The Morgan fingerprint density at radius 2 is 2.06 bits per heavy atom. The van der Waals surface area contributed by atoms with E-state index in [1.807, 2.05) is 0 Å². The average Bonchev–Trinajstić information content (AvgIpc) is 2.35. The van der Waals surface area contributed by atoms with Crippen LogP contribution in [0.1, 0.15) is 10.4 Å². The van der Waals surface area contributed by atoms with Crippen molar-refractivity contribution in [1.29, 1.82) is 0 Å². The van der Waals surface area contributed by atoms with Crippen molar-refractivity contribution in [3.63, 3.8) is 0 Å². The van der Waals surface area contributed by atoms with Crippen molar-refractivity contribution in [2.45, 2.75) is 0 Å². The van der Waals surface area contributed by atoms with Crippen LogP contribution >= 0.6 is 15.9 Å². The van der Waals surface area contributed by atoms with E-state index in [9.17, 15) is 9.59 Å². The van der Waals surface area contributed by atoms with E-state index < -0.39 is 0 Å². The molecule has 0 radical (unpaired) electrons. The smallest absolute Gasteiger partial charge is 0.264 e. The molecule has 1 aliphatic heterocycles. The number of rotatable bonds is 1. The minimum atomic E-state index is -0.150. The topological polar surface area (TPSA) is 51.5 Å². The Kier molecular flexibility index (Phi) is 3.63. The van der Waals surface area contributed by atoms with Gasteiger partial charge < -0.3 is 14.2 Å². The summed E-state index contributed by atoms with van der Waals surface area (Å²) in [6.45, 7) is 2.33. The van der Waals surface area contributed by atoms with Crippen molar-refractivity contribution < 1.29 is 9.53 Å². The highest BCUT2D eigenvalue weighted by Crippen LogP contribution is 2.10.